The molecule has 0 N–H and O–H groups in total. The van der Waals surface area contributed by atoms with Crippen LogP contribution >= 0.6 is 9.12 Å². The second-order valence-corrected chi connectivity index (χ2v) is 30.2. The maximum atomic E-state index is 5.25. The maximum absolute atomic E-state index is 5.25. The first-order chi connectivity index (χ1) is 60.1. The van der Waals surface area contributed by atoms with Crippen molar-refractivity contribution >= 4 is 93.3 Å². The quantitative estimate of drug-likeness (QED) is 0.0377. The number of hydrogen-bond acceptors (Lipinski definition) is 16. The van der Waals surface area contributed by atoms with Crippen molar-refractivity contribution in [2.75, 3.05) is 0 Å². The number of imidazole rings is 1. The summed E-state index contributed by atoms with van der Waals surface area (Å²) in [5, 5.41) is 10.3. The summed E-state index contributed by atoms with van der Waals surface area (Å²) in [7, 11) is 2.45. The van der Waals surface area contributed by atoms with E-state index < -0.39 is 5.41 Å². The Balaban J connectivity index is 0.000000171. The second kappa shape index (κ2) is 46.6. The standard InChI is InChI=1S/C36H44N4.C26H20N2.C15H12N10.C11H7N4.C11H8N.CH5BP.Ir.3Pt/c1-9-21-22(10-2)30-18-32-25(13-5)26(14-6)34(39-32)20-36-28(16-8)27(15-7)35(40-36)19-33-24(12-4)23(11-3)31(38-33)17-29(21)37-30;1-17-15-23(19-9-5-3-6-10-19)21-13-14-22-24(20-11-7-4-8-12-20)16-18(2)28-26(22)25(21)27-17;1-15(2,11-3-5-18-13(22-11)24-9-16-7-20-24)12-4-6-19-14(23-12)25-10-17-8-21-25;1-2-5-9-8(4-1)14-11(15-9)10-12-6-3-7-13-10;1-2-6-10(7-3-1)11-8-4-5-9-12-11;1-2-3;;;;/h17-20H,9-16H2,1-8H3;3-16H,1-2H3;3-8H,1-2H3;1-7H;1-6,8-9H;3H2,1H3;;;;/q-2;;-2;2*-1;;;;2*+2. The fraction of sp³-hybridized carbons (Fsp3) is 0.220. The van der Waals surface area contributed by atoms with Gasteiger partial charge in [-0.1, -0.05) is 218 Å². The zero-order valence-electron chi connectivity index (χ0n) is 73.0. The van der Waals surface area contributed by atoms with Crippen LogP contribution in [0.2, 0.25) is 6.82 Å². The first-order valence-electron chi connectivity index (χ1n) is 41.9. The number of pyridine rings is 3. The molecule has 2 radical (unpaired) electrons. The summed E-state index contributed by atoms with van der Waals surface area (Å²) in [4.78, 5) is 77.1. The number of fused-ring (bicyclic) bond motifs is 12. The Kier molecular flexibility index (Phi) is 35.9. The molecule has 127 heavy (non-hydrogen) atoms. The minimum atomic E-state index is -0.503. The van der Waals surface area contributed by atoms with E-state index in [4.69, 9.17) is 29.9 Å². The monoisotopic (exact) mass is 2410 g/mol. The molecule has 5 aromatic carbocycles. The number of para-hydroxylation sites is 2. The predicted octanol–water partition coefficient (Wildman–Crippen LogP) is 21.1. The van der Waals surface area contributed by atoms with Crippen LogP contribution in [0, 0.1) is 32.6 Å². The average molecular weight is 2410 g/mol. The number of rotatable bonds is 16. The van der Waals surface area contributed by atoms with E-state index in [0.29, 0.717) is 23.5 Å². The average Bonchev–Trinajstić information content (AvgIpc) is 1.74. The van der Waals surface area contributed by atoms with Crippen molar-refractivity contribution < 1.29 is 83.3 Å². The largest absolute Gasteiger partial charge is 2.00 e. The molecule has 8 bridgehead atoms. The van der Waals surface area contributed by atoms with E-state index in [9.17, 15) is 0 Å². The van der Waals surface area contributed by atoms with Gasteiger partial charge in [-0.25, -0.2) is 30.1 Å². The first kappa shape index (κ1) is 98.1. The molecule has 12 aromatic heterocycles. The summed E-state index contributed by atoms with van der Waals surface area (Å²) in [6.45, 7) is 30.0. The van der Waals surface area contributed by atoms with Crippen LogP contribution in [0.3, 0.4) is 0 Å². The van der Waals surface area contributed by atoms with Crippen LogP contribution in [0.4, 0.5) is 0 Å². The van der Waals surface area contributed by atoms with Gasteiger partial charge >= 0.3 is 42.1 Å². The van der Waals surface area contributed by atoms with Gasteiger partial charge in [0.2, 0.25) is 0 Å². The molecule has 19 rings (SSSR count). The van der Waals surface area contributed by atoms with Crippen LogP contribution in [-0.2, 0) is 114 Å². The third-order valence-electron chi connectivity index (χ3n) is 21.5. The molecule has 650 valence electrons. The van der Waals surface area contributed by atoms with Crippen LogP contribution in [0.5, 0.6) is 0 Å². The first-order valence-corrected chi connectivity index (χ1v) is 42.5. The van der Waals surface area contributed by atoms with Gasteiger partial charge in [-0.2, -0.15) is 9.12 Å². The predicted molar refractivity (Wildman–Crippen MR) is 498 cm³/mol. The second-order valence-electron chi connectivity index (χ2n) is 29.6. The van der Waals surface area contributed by atoms with Gasteiger partial charge in [-0.15, -0.1) is 58.0 Å². The van der Waals surface area contributed by atoms with Crippen molar-refractivity contribution in [2.45, 2.75) is 147 Å². The molecule has 1 unspecified atom stereocenters. The van der Waals surface area contributed by atoms with Crippen LogP contribution in [0.25, 0.3) is 134 Å². The summed E-state index contributed by atoms with van der Waals surface area (Å²) in [6.07, 6.45) is 24.2. The number of benzene rings is 5. The van der Waals surface area contributed by atoms with Gasteiger partial charge < -0.3 is 44.3 Å². The minimum Gasteiger partial charge on any atom is -0.657 e. The van der Waals surface area contributed by atoms with E-state index in [-0.39, 0.29) is 83.3 Å². The van der Waals surface area contributed by atoms with Gasteiger partial charge in [0.25, 0.3) is 0 Å². The summed E-state index contributed by atoms with van der Waals surface area (Å²) < 4.78 is 2.77. The van der Waals surface area contributed by atoms with Crippen molar-refractivity contribution in [1.29, 1.82) is 0 Å². The molecule has 1 atom stereocenters. The van der Waals surface area contributed by atoms with Crippen molar-refractivity contribution in [2.24, 2.45) is 0 Å². The minimum absolute atomic E-state index is 0. The molecular weight excluding hydrogens is 2310 g/mol. The Labute approximate surface area is 802 Å². The van der Waals surface area contributed by atoms with E-state index in [1.807, 2.05) is 119 Å². The molecule has 2 aliphatic heterocycles. The fourth-order valence-corrected chi connectivity index (χ4v) is 15.7. The van der Waals surface area contributed by atoms with Gasteiger partial charge in [0, 0.05) is 136 Å². The van der Waals surface area contributed by atoms with Crippen molar-refractivity contribution in [3.8, 4) is 57.1 Å². The Morgan fingerprint density at radius 3 is 1.19 bits per heavy atom. The van der Waals surface area contributed by atoms with E-state index in [1.54, 1.807) is 37.1 Å². The van der Waals surface area contributed by atoms with Gasteiger partial charge in [-0.05, 0) is 183 Å². The summed E-state index contributed by atoms with van der Waals surface area (Å²) in [5.41, 5.74) is 32.7. The van der Waals surface area contributed by atoms with Gasteiger partial charge in [0.15, 0.2) is 5.82 Å². The summed E-state index contributed by atoms with van der Waals surface area (Å²) in [6, 6.07) is 68.7. The normalized spacial score (nSPS) is 11.3. The summed E-state index contributed by atoms with van der Waals surface area (Å²) in [5.74, 6) is 1.93. The molecule has 27 heteroatoms. The topological polar surface area (TPSA) is 258 Å². The molecule has 0 spiro atoms. The zero-order chi connectivity index (χ0) is 85.9. The molecule has 21 nitrogen and oxygen atoms in total. The van der Waals surface area contributed by atoms with Crippen LogP contribution < -0.4 is 15.0 Å². The van der Waals surface area contributed by atoms with Crippen molar-refractivity contribution in [1.82, 2.24) is 104 Å². The number of allylic oxidation sites excluding steroid dienone is 4. The Morgan fingerprint density at radius 1 is 0.402 bits per heavy atom. The third-order valence-corrected chi connectivity index (χ3v) is 21.5. The fourth-order valence-electron chi connectivity index (χ4n) is 15.7. The zero-order valence-corrected chi connectivity index (χ0v) is 83.4. The molecule has 0 amide bonds. The Hall–Kier alpha value is -11.1. The molecule has 0 fully saturated rings. The molecule has 0 saturated heterocycles. The molecule has 17 aromatic rings. The number of aryl methyl sites for hydroxylation is 6. The van der Waals surface area contributed by atoms with Gasteiger partial charge in [-0.3, -0.25) is 29.9 Å². The third kappa shape index (κ3) is 22.5. The molecule has 0 aliphatic carbocycles. The van der Waals surface area contributed by atoms with Crippen LogP contribution in [0.1, 0.15) is 163 Å². The van der Waals surface area contributed by atoms with E-state index in [1.165, 1.54) is 88.8 Å². The van der Waals surface area contributed by atoms with Crippen molar-refractivity contribution in [3.63, 3.8) is 0 Å². The SMILES string of the molecule is CC(C)(c1ccnc(-n2[c-]ncn2)n1)c1ccnc(-n2[c-]ncn2)n1.CCC1=C(CC)c2cc3[n-]c(cc4nc(cc5[n-]c(cc1n2)c(CC)c5CC)C(CC)=C4CC)c(CC)c3CC.C[B]P.Cc1cc(-c2ccccc2)c2ccc3c(-c4ccccc4)cc(C)nc3c2n1.[Ir].[Pt+2].[Pt+2].[Pt].[c-]1ccccc1-c1ccccn1.c1cnc(-c2nc3ccccc3[n-]2)nc1. The molecule has 14 heterocycles. The molecule has 2 aliphatic rings. The number of hydrogen-bond donors (Lipinski definition) is 0. The van der Waals surface area contributed by atoms with Crippen molar-refractivity contribution in [3.05, 3.63) is 324 Å². The van der Waals surface area contributed by atoms with Crippen LogP contribution in [-0.4, -0.2) is 96.3 Å². The smallest absolute Gasteiger partial charge is 0.657 e. The maximum Gasteiger partial charge on any atom is 2.00 e. The van der Waals surface area contributed by atoms with Crippen LogP contribution in [0.15, 0.2) is 238 Å². The Morgan fingerprint density at radius 2 is 0.811 bits per heavy atom. The number of aromatic nitrogens is 21. The molecule has 0 saturated carbocycles. The summed E-state index contributed by atoms with van der Waals surface area (Å²) >= 11 is 0. The van der Waals surface area contributed by atoms with E-state index in [0.717, 1.165) is 163 Å². The number of nitrogens with zero attached hydrogens (tertiary/aromatic N) is 21. The van der Waals surface area contributed by atoms with E-state index >= 15 is 0 Å². The van der Waals surface area contributed by atoms with Gasteiger partial charge in [0.05, 0.1) is 33.8 Å². The Bertz CT molecular complexity index is 6240. The van der Waals surface area contributed by atoms with Gasteiger partial charge in [0.1, 0.15) is 18.9 Å². The van der Waals surface area contributed by atoms with E-state index in [2.05, 4.69) is 259 Å². The molecular formula is C100H96BIrN21PPt3-2.